The lowest BCUT2D eigenvalue weighted by atomic mass is 10.1. The fourth-order valence-corrected chi connectivity index (χ4v) is 3.89. The van der Waals surface area contributed by atoms with Crippen LogP contribution in [0.3, 0.4) is 0 Å². The van der Waals surface area contributed by atoms with E-state index in [2.05, 4.69) is 27.6 Å². The van der Waals surface area contributed by atoms with Crippen molar-refractivity contribution in [1.82, 2.24) is 15.1 Å². The van der Waals surface area contributed by atoms with Crippen LogP contribution in [0, 0.1) is 5.92 Å². The first kappa shape index (κ1) is 18.5. The summed E-state index contributed by atoms with van der Waals surface area (Å²) < 4.78 is 0. The molecule has 1 fully saturated rings. The molecule has 0 saturated carbocycles. The van der Waals surface area contributed by atoms with Crippen molar-refractivity contribution in [2.24, 2.45) is 5.92 Å². The smallest absolute Gasteiger partial charge is 0.231 e. The van der Waals surface area contributed by atoms with Gasteiger partial charge in [-0.05, 0) is 32.3 Å². The number of carbonyl (C=O) groups excluding carboxylic acids is 2. The van der Waals surface area contributed by atoms with Gasteiger partial charge in [0, 0.05) is 25.4 Å². The second kappa shape index (κ2) is 8.40. The van der Waals surface area contributed by atoms with Gasteiger partial charge in [-0.15, -0.1) is 10.2 Å². The Labute approximate surface area is 157 Å². The fraction of sp³-hybridized carbons (Fsp3) is 0.474. The highest BCUT2D eigenvalue weighted by Crippen LogP contribution is 2.23. The maximum absolute atomic E-state index is 12.4. The second-order valence-electron chi connectivity index (χ2n) is 6.87. The molecule has 6 nitrogen and oxygen atoms in total. The van der Waals surface area contributed by atoms with Gasteiger partial charge in [-0.25, -0.2) is 0 Å². The zero-order chi connectivity index (χ0) is 18.5. The lowest BCUT2D eigenvalue weighted by molar-refractivity contribution is -0.129. The average Bonchev–Trinajstić information content (AvgIpc) is 3.22. The predicted octanol–water partition coefficient (Wildman–Crippen LogP) is 2.91. The van der Waals surface area contributed by atoms with Crippen molar-refractivity contribution in [2.45, 2.75) is 45.6 Å². The standard InChI is InChI=1S/C19H24N4O2S/c1-13(2)23-12-15(11-17(23)24)18(25)20-19-22-21-16(26-19)10-6-9-14-7-4-3-5-8-14/h3-5,7-8,13,15H,6,9-12H2,1-2H3,(H,20,22,25)/t15-/m1/s1. The number of nitrogens with one attached hydrogen (secondary N) is 1. The highest BCUT2D eigenvalue weighted by molar-refractivity contribution is 7.15. The van der Waals surface area contributed by atoms with Crippen molar-refractivity contribution in [3.63, 3.8) is 0 Å². The van der Waals surface area contributed by atoms with Gasteiger partial charge < -0.3 is 10.2 Å². The summed E-state index contributed by atoms with van der Waals surface area (Å²) in [5.74, 6) is -0.414. The Morgan fingerprint density at radius 1 is 1.27 bits per heavy atom. The van der Waals surface area contributed by atoms with E-state index in [0.717, 1.165) is 24.3 Å². The molecule has 1 aromatic heterocycles. The number of likely N-dealkylation sites (tertiary alicyclic amines) is 1. The minimum absolute atomic E-state index is 0.0408. The van der Waals surface area contributed by atoms with Crippen LogP contribution in [0.4, 0.5) is 5.13 Å². The molecule has 2 amide bonds. The molecule has 1 saturated heterocycles. The third kappa shape index (κ3) is 4.66. The Kier molecular flexibility index (Phi) is 5.98. The quantitative estimate of drug-likeness (QED) is 0.811. The van der Waals surface area contributed by atoms with E-state index < -0.39 is 0 Å². The van der Waals surface area contributed by atoms with Crippen LogP contribution in [0.2, 0.25) is 0 Å². The first-order chi connectivity index (χ1) is 12.5. The summed E-state index contributed by atoms with van der Waals surface area (Å²) in [5.41, 5.74) is 1.31. The molecular weight excluding hydrogens is 348 g/mol. The minimum atomic E-state index is -0.310. The van der Waals surface area contributed by atoms with Gasteiger partial charge in [0.15, 0.2) is 0 Å². The molecule has 7 heteroatoms. The number of benzene rings is 1. The van der Waals surface area contributed by atoms with Crippen molar-refractivity contribution in [3.8, 4) is 0 Å². The number of nitrogens with zero attached hydrogens (tertiary/aromatic N) is 3. The van der Waals surface area contributed by atoms with E-state index in [0.29, 0.717) is 11.7 Å². The maximum Gasteiger partial charge on any atom is 0.231 e. The van der Waals surface area contributed by atoms with Crippen LogP contribution >= 0.6 is 11.3 Å². The van der Waals surface area contributed by atoms with Gasteiger partial charge in [0.2, 0.25) is 16.9 Å². The summed E-state index contributed by atoms with van der Waals surface area (Å²) in [6.07, 6.45) is 3.10. The molecule has 0 bridgehead atoms. The summed E-state index contributed by atoms with van der Waals surface area (Å²) in [6, 6.07) is 10.5. The molecule has 1 aliphatic heterocycles. The number of rotatable bonds is 7. The van der Waals surface area contributed by atoms with Crippen molar-refractivity contribution < 1.29 is 9.59 Å². The highest BCUT2D eigenvalue weighted by Gasteiger charge is 2.35. The van der Waals surface area contributed by atoms with E-state index >= 15 is 0 Å². The zero-order valence-electron chi connectivity index (χ0n) is 15.1. The number of amides is 2. The summed E-state index contributed by atoms with van der Waals surface area (Å²) >= 11 is 1.41. The zero-order valence-corrected chi connectivity index (χ0v) is 16.0. The lowest BCUT2D eigenvalue weighted by Gasteiger charge is -2.20. The third-order valence-electron chi connectivity index (χ3n) is 4.55. The predicted molar refractivity (Wildman–Crippen MR) is 102 cm³/mol. The molecule has 26 heavy (non-hydrogen) atoms. The number of anilines is 1. The average molecular weight is 372 g/mol. The number of hydrogen-bond acceptors (Lipinski definition) is 5. The number of aryl methyl sites for hydroxylation is 2. The fourth-order valence-electron chi connectivity index (χ4n) is 3.11. The van der Waals surface area contributed by atoms with Crippen molar-refractivity contribution in [2.75, 3.05) is 11.9 Å². The van der Waals surface area contributed by atoms with Gasteiger partial charge in [0.05, 0.1) is 5.92 Å². The molecule has 0 radical (unpaired) electrons. The van der Waals surface area contributed by atoms with Gasteiger partial charge in [0.1, 0.15) is 5.01 Å². The van der Waals surface area contributed by atoms with E-state index in [1.807, 2.05) is 32.0 Å². The monoisotopic (exact) mass is 372 g/mol. The Hall–Kier alpha value is -2.28. The molecule has 1 atom stereocenters. The maximum atomic E-state index is 12.4. The summed E-state index contributed by atoms with van der Waals surface area (Å²) in [5, 5.41) is 12.5. The molecule has 1 aliphatic rings. The highest BCUT2D eigenvalue weighted by atomic mass is 32.1. The first-order valence-corrected chi connectivity index (χ1v) is 9.81. The van der Waals surface area contributed by atoms with E-state index in [-0.39, 0.29) is 30.2 Å². The normalized spacial score (nSPS) is 17.1. The molecule has 0 unspecified atom stereocenters. The number of carbonyl (C=O) groups is 2. The van der Waals surface area contributed by atoms with Crippen molar-refractivity contribution in [1.29, 1.82) is 0 Å². The van der Waals surface area contributed by atoms with Crippen LogP contribution in [0.25, 0.3) is 0 Å². The topological polar surface area (TPSA) is 75.2 Å². The minimum Gasteiger partial charge on any atom is -0.339 e. The molecule has 0 aliphatic carbocycles. The molecule has 3 rings (SSSR count). The summed E-state index contributed by atoms with van der Waals surface area (Å²) in [6.45, 7) is 4.40. The largest absolute Gasteiger partial charge is 0.339 e. The van der Waals surface area contributed by atoms with E-state index in [1.165, 1.54) is 16.9 Å². The Bertz CT molecular complexity index is 760. The second-order valence-corrected chi connectivity index (χ2v) is 7.93. The Morgan fingerprint density at radius 3 is 2.73 bits per heavy atom. The summed E-state index contributed by atoms with van der Waals surface area (Å²) in [7, 11) is 0. The van der Waals surface area contributed by atoms with Crippen LogP contribution in [-0.4, -0.2) is 39.5 Å². The van der Waals surface area contributed by atoms with E-state index in [1.54, 1.807) is 4.90 Å². The van der Waals surface area contributed by atoms with Crippen LogP contribution in [-0.2, 0) is 22.4 Å². The molecule has 1 aromatic carbocycles. The van der Waals surface area contributed by atoms with Gasteiger partial charge in [-0.3, -0.25) is 9.59 Å². The molecule has 1 N–H and O–H groups in total. The Balaban J connectivity index is 1.47. The molecule has 2 heterocycles. The van der Waals surface area contributed by atoms with Crippen LogP contribution in [0.1, 0.15) is 37.3 Å². The molecule has 2 aromatic rings. The van der Waals surface area contributed by atoms with Crippen LogP contribution in [0.15, 0.2) is 30.3 Å². The SMILES string of the molecule is CC(C)N1C[C@H](C(=O)Nc2nnc(CCCc3ccccc3)s2)CC1=O. The van der Waals surface area contributed by atoms with Gasteiger partial charge >= 0.3 is 0 Å². The van der Waals surface area contributed by atoms with E-state index in [4.69, 9.17) is 0 Å². The van der Waals surface area contributed by atoms with Gasteiger partial charge in [-0.2, -0.15) is 0 Å². The molecule has 138 valence electrons. The van der Waals surface area contributed by atoms with E-state index in [9.17, 15) is 9.59 Å². The molecular formula is C19H24N4O2S. The van der Waals surface area contributed by atoms with Gasteiger partial charge in [-0.1, -0.05) is 41.7 Å². The molecule has 0 spiro atoms. The number of aromatic nitrogens is 2. The van der Waals surface area contributed by atoms with Crippen LogP contribution in [0.5, 0.6) is 0 Å². The van der Waals surface area contributed by atoms with Crippen LogP contribution < -0.4 is 5.32 Å². The lowest BCUT2D eigenvalue weighted by Crippen LogP contribution is -2.33. The van der Waals surface area contributed by atoms with Crippen molar-refractivity contribution in [3.05, 3.63) is 40.9 Å². The first-order valence-electron chi connectivity index (χ1n) is 8.99. The third-order valence-corrected chi connectivity index (χ3v) is 5.45. The Morgan fingerprint density at radius 2 is 2.04 bits per heavy atom. The number of hydrogen-bond donors (Lipinski definition) is 1. The summed E-state index contributed by atoms with van der Waals surface area (Å²) in [4.78, 5) is 26.1. The van der Waals surface area contributed by atoms with Crippen molar-refractivity contribution >= 4 is 28.3 Å². The van der Waals surface area contributed by atoms with Gasteiger partial charge in [0.25, 0.3) is 0 Å².